The molecule has 5 nitrogen and oxygen atoms in total. The molecule has 1 aromatic rings. The Morgan fingerprint density at radius 2 is 2.00 bits per heavy atom. The van der Waals surface area contributed by atoms with Crippen molar-refractivity contribution in [1.29, 1.82) is 0 Å². The van der Waals surface area contributed by atoms with Crippen molar-refractivity contribution in [1.82, 2.24) is 0 Å². The zero-order chi connectivity index (χ0) is 14.9. The van der Waals surface area contributed by atoms with Crippen LogP contribution in [0.4, 0.5) is 0 Å². The number of Topliss-reactive ketones (excluding diaryl/α,β-unsaturated/α-hetero) is 1. The number of fused-ring (bicyclic) bond motifs is 2. The summed E-state index contributed by atoms with van der Waals surface area (Å²) in [5, 5.41) is 31.6. The molecule has 1 aromatic heterocycles. The van der Waals surface area contributed by atoms with E-state index in [-0.39, 0.29) is 11.5 Å². The number of carbonyl (C=O) groups is 1. The summed E-state index contributed by atoms with van der Waals surface area (Å²) in [6.45, 7) is 5.00. The van der Waals surface area contributed by atoms with Crippen molar-refractivity contribution < 1.29 is 24.5 Å². The molecule has 0 aromatic carbocycles. The minimum Gasteiger partial charge on any atom is -0.465 e. The maximum absolute atomic E-state index is 12.8. The number of furan rings is 1. The van der Waals surface area contributed by atoms with Gasteiger partial charge >= 0.3 is 0 Å². The first-order chi connectivity index (χ1) is 9.21. The first-order valence-electron chi connectivity index (χ1n) is 6.92. The largest absolute Gasteiger partial charge is 0.465 e. The molecule has 0 amide bonds. The van der Waals surface area contributed by atoms with Crippen LogP contribution in [0.5, 0.6) is 0 Å². The van der Waals surface area contributed by atoms with Crippen molar-refractivity contribution in [2.75, 3.05) is 0 Å². The quantitative estimate of drug-likeness (QED) is 0.667. The smallest absolute Gasteiger partial charge is 0.173 e. The molecule has 0 spiro atoms. The monoisotopic (exact) mass is 280 g/mol. The normalized spacial score (nSPS) is 44.1. The summed E-state index contributed by atoms with van der Waals surface area (Å²) in [5.74, 6) is -0.872. The van der Waals surface area contributed by atoms with Gasteiger partial charge in [0.1, 0.15) is 11.9 Å². The fourth-order valence-corrected chi connectivity index (χ4v) is 4.06. The summed E-state index contributed by atoms with van der Waals surface area (Å²) in [6.07, 6.45) is 0.160. The summed E-state index contributed by atoms with van der Waals surface area (Å²) < 4.78 is 5.34. The van der Waals surface area contributed by atoms with Crippen molar-refractivity contribution >= 4 is 5.78 Å². The SMILES string of the molecule is Cc1coc2c1C(=O)[C@@H]1[C@](C)([C@H](O)CC[C@@]1(C)O)[C@@H]2O. The highest BCUT2D eigenvalue weighted by Crippen LogP contribution is 2.58. The van der Waals surface area contributed by atoms with Crippen LogP contribution < -0.4 is 0 Å². The molecule has 0 bridgehead atoms. The van der Waals surface area contributed by atoms with Crippen LogP contribution in [-0.2, 0) is 0 Å². The Hall–Kier alpha value is -1.17. The van der Waals surface area contributed by atoms with Crippen LogP contribution in [0.15, 0.2) is 10.7 Å². The average molecular weight is 280 g/mol. The van der Waals surface area contributed by atoms with Crippen LogP contribution in [-0.4, -0.2) is 32.8 Å². The highest BCUT2D eigenvalue weighted by molar-refractivity contribution is 6.02. The zero-order valence-electron chi connectivity index (χ0n) is 11.9. The second kappa shape index (κ2) is 3.93. The number of carbonyl (C=O) groups excluding carboxylic acids is 1. The van der Waals surface area contributed by atoms with Crippen LogP contribution in [0.2, 0.25) is 0 Å². The van der Waals surface area contributed by atoms with Gasteiger partial charge in [0.2, 0.25) is 0 Å². The third-order valence-electron chi connectivity index (χ3n) is 5.24. The van der Waals surface area contributed by atoms with E-state index in [1.54, 1.807) is 20.8 Å². The average Bonchev–Trinajstić information content (AvgIpc) is 2.74. The Kier molecular flexibility index (Phi) is 2.71. The van der Waals surface area contributed by atoms with Gasteiger partial charge in [-0.15, -0.1) is 0 Å². The van der Waals surface area contributed by atoms with Crippen LogP contribution in [0.1, 0.15) is 54.5 Å². The van der Waals surface area contributed by atoms with Gasteiger partial charge in [-0.05, 0) is 32.3 Å². The van der Waals surface area contributed by atoms with E-state index in [4.69, 9.17) is 4.42 Å². The molecule has 3 N–H and O–H groups in total. The van der Waals surface area contributed by atoms with Gasteiger partial charge in [-0.2, -0.15) is 0 Å². The highest BCUT2D eigenvalue weighted by atomic mass is 16.4. The lowest BCUT2D eigenvalue weighted by Gasteiger charge is -2.54. The van der Waals surface area contributed by atoms with E-state index in [1.807, 2.05) is 0 Å². The Morgan fingerprint density at radius 1 is 1.35 bits per heavy atom. The minimum atomic E-state index is -1.24. The second-order valence-corrected chi connectivity index (χ2v) is 6.64. The number of hydrogen-bond donors (Lipinski definition) is 3. The molecule has 0 saturated heterocycles. The lowest BCUT2D eigenvalue weighted by molar-refractivity contribution is -0.183. The summed E-state index contributed by atoms with van der Waals surface area (Å²) in [6, 6.07) is 0. The number of hydrogen-bond acceptors (Lipinski definition) is 5. The Labute approximate surface area is 117 Å². The predicted molar refractivity (Wildman–Crippen MR) is 70.2 cm³/mol. The number of aliphatic hydroxyl groups is 3. The molecule has 0 unspecified atom stereocenters. The third-order valence-corrected chi connectivity index (χ3v) is 5.24. The molecule has 5 heteroatoms. The van der Waals surface area contributed by atoms with E-state index in [9.17, 15) is 20.1 Å². The molecular formula is C15H20O5. The molecule has 2 aliphatic rings. The van der Waals surface area contributed by atoms with E-state index in [0.717, 1.165) is 0 Å². The maximum atomic E-state index is 12.8. The van der Waals surface area contributed by atoms with Gasteiger partial charge in [-0.25, -0.2) is 0 Å². The van der Waals surface area contributed by atoms with Crippen LogP contribution in [0, 0.1) is 18.3 Å². The summed E-state index contributed by atoms with van der Waals surface area (Å²) in [4.78, 5) is 12.8. The van der Waals surface area contributed by atoms with Gasteiger partial charge < -0.3 is 19.7 Å². The first kappa shape index (κ1) is 13.8. The van der Waals surface area contributed by atoms with Gasteiger partial charge in [0, 0.05) is 5.41 Å². The summed E-state index contributed by atoms with van der Waals surface area (Å²) in [5.41, 5.74) is -1.36. The van der Waals surface area contributed by atoms with Gasteiger partial charge in [0.25, 0.3) is 0 Å². The molecule has 1 saturated carbocycles. The Balaban J connectivity index is 2.25. The van der Waals surface area contributed by atoms with E-state index < -0.39 is 29.1 Å². The van der Waals surface area contributed by atoms with Crippen molar-refractivity contribution in [3.8, 4) is 0 Å². The topological polar surface area (TPSA) is 90.9 Å². The zero-order valence-corrected chi connectivity index (χ0v) is 11.9. The molecular weight excluding hydrogens is 260 g/mol. The third kappa shape index (κ3) is 1.46. The number of rotatable bonds is 0. The Morgan fingerprint density at radius 3 is 2.65 bits per heavy atom. The minimum absolute atomic E-state index is 0.211. The fraction of sp³-hybridized carbons (Fsp3) is 0.667. The standard InChI is InChI=1S/C15H20O5/c1-7-6-20-11-9(7)10(17)12-14(2,19)5-4-8(16)15(12,3)13(11)18/h6,8,12-13,16,18-19H,4-5H2,1-3H3/t8-,12+,13-,14-,15+/m1/s1. The number of ketones is 1. The maximum Gasteiger partial charge on any atom is 0.173 e. The summed E-state index contributed by atoms with van der Waals surface area (Å²) >= 11 is 0. The molecule has 1 fully saturated rings. The second-order valence-electron chi connectivity index (χ2n) is 6.64. The van der Waals surface area contributed by atoms with E-state index >= 15 is 0 Å². The lowest BCUT2D eigenvalue weighted by Crippen LogP contribution is -2.62. The fourth-order valence-electron chi connectivity index (χ4n) is 4.06. The summed E-state index contributed by atoms with van der Waals surface area (Å²) in [7, 11) is 0. The van der Waals surface area contributed by atoms with Crippen molar-refractivity contribution in [3.63, 3.8) is 0 Å². The van der Waals surface area contributed by atoms with E-state index in [2.05, 4.69) is 0 Å². The van der Waals surface area contributed by atoms with Gasteiger partial charge in [0.05, 0.1) is 29.4 Å². The van der Waals surface area contributed by atoms with Crippen LogP contribution in [0.3, 0.4) is 0 Å². The number of aliphatic hydroxyl groups excluding tert-OH is 2. The molecule has 110 valence electrons. The van der Waals surface area contributed by atoms with E-state index in [1.165, 1.54) is 6.26 Å². The Bertz CT molecular complexity index is 573. The molecule has 20 heavy (non-hydrogen) atoms. The van der Waals surface area contributed by atoms with E-state index in [0.29, 0.717) is 24.0 Å². The van der Waals surface area contributed by atoms with Crippen molar-refractivity contribution in [2.24, 2.45) is 11.3 Å². The molecule has 3 rings (SSSR count). The molecule has 5 atom stereocenters. The number of aryl methyl sites for hydroxylation is 1. The van der Waals surface area contributed by atoms with Crippen LogP contribution >= 0.6 is 0 Å². The molecule has 1 heterocycles. The van der Waals surface area contributed by atoms with Gasteiger partial charge in [-0.3, -0.25) is 4.79 Å². The lowest BCUT2D eigenvalue weighted by atomic mass is 9.52. The van der Waals surface area contributed by atoms with Gasteiger partial charge in [-0.1, -0.05) is 6.92 Å². The highest BCUT2D eigenvalue weighted by Gasteiger charge is 2.63. The molecule has 0 aliphatic heterocycles. The molecule has 2 aliphatic carbocycles. The predicted octanol–water partition coefficient (Wildman–Crippen LogP) is 1.35. The van der Waals surface area contributed by atoms with Crippen molar-refractivity contribution in [2.45, 2.75) is 51.4 Å². The first-order valence-corrected chi connectivity index (χ1v) is 6.92. The molecule has 0 radical (unpaired) electrons. The van der Waals surface area contributed by atoms with Crippen LogP contribution in [0.25, 0.3) is 0 Å². The van der Waals surface area contributed by atoms with Gasteiger partial charge in [0.15, 0.2) is 5.78 Å². The van der Waals surface area contributed by atoms with Crippen molar-refractivity contribution in [3.05, 3.63) is 23.2 Å².